The highest BCUT2D eigenvalue weighted by atomic mass is 16.6. The highest BCUT2D eigenvalue weighted by molar-refractivity contribution is 6.39. The van der Waals surface area contributed by atoms with Crippen molar-refractivity contribution in [3.8, 4) is 0 Å². The molecule has 2 saturated heterocycles. The van der Waals surface area contributed by atoms with Gasteiger partial charge in [0.1, 0.15) is 5.60 Å². The summed E-state index contributed by atoms with van der Waals surface area (Å²) < 4.78 is 5.47. The summed E-state index contributed by atoms with van der Waals surface area (Å²) in [5.74, 6) is -1.19. The van der Waals surface area contributed by atoms with Crippen LogP contribution in [0.2, 0.25) is 0 Å². The minimum Gasteiger partial charge on any atom is -0.444 e. The molecule has 2 aliphatic heterocycles. The van der Waals surface area contributed by atoms with Crippen LogP contribution in [0.4, 0.5) is 10.5 Å². The largest absolute Gasteiger partial charge is 0.444 e. The van der Waals surface area contributed by atoms with Crippen molar-refractivity contribution in [3.05, 3.63) is 30.3 Å². The number of anilines is 1. The van der Waals surface area contributed by atoms with Crippen LogP contribution in [0.3, 0.4) is 0 Å². The van der Waals surface area contributed by atoms with Gasteiger partial charge in [-0.2, -0.15) is 0 Å². The zero-order chi connectivity index (χ0) is 19.7. The minimum absolute atomic E-state index is 0.366. The van der Waals surface area contributed by atoms with Gasteiger partial charge < -0.3 is 19.9 Å². The average molecular weight is 373 g/mol. The van der Waals surface area contributed by atoms with Gasteiger partial charge in [0.25, 0.3) is 0 Å². The number of ether oxygens (including phenoxy) is 1. The summed E-state index contributed by atoms with van der Waals surface area (Å²) in [7, 11) is 0. The smallest absolute Gasteiger partial charge is 0.410 e. The Balaban J connectivity index is 1.65. The number of rotatable bonds is 1. The molecule has 2 heterocycles. The van der Waals surface area contributed by atoms with Crippen LogP contribution in [-0.4, -0.2) is 58.5 Å². The van der Waals surface area contributed by atoms with Gasteiger partial charge in [-0.3, -0.25) is 9.59 Å². The zero-order valence-corrected chi connectivity index (χ0v) is 16.2. The molecule has 7 nitrogen and oxygen atoms in total. The van der Waals surface area contributed by atoms with Gasteiger partial charge in [0.2, 0.25) is 0 Å². The summed E-state index contributed by atoms with van der Waals surface area (Å²) in [6, 6.07) is 8.91. The number of hydrogen-bond acceptors (Lipinski definition) is 4. The molecule has 1 aromatic carbocycles. The van der Waals surface area contributed by atoms with E-state index in [1.165, 1.54) is 0 Å². The summed E-state index contributed by atoms with van der Waals surface area (Å²) in [5.41, 5.74) is -0.434. The first kappa shape index (κ1) is 19.2. The summed E-state index contributed by atoms with van der Waals surface area (Å²) in [5, 5.41) is 2.64. The van der Waals surface area contributed by atoms with Crippen LogP contribution in [0, 0.1) is 0 Å². The van der Waals surface area contributed by atoms with Crippen molar-refractivity contribution in [1.82, 2.24) is 9.80 Å². The third kappa shape index (κ3) is 4.23. The van der Waals surface area contributed by atoms with E-state index in [1.807, 2.05) is 26.8 Å². The van der Waals surface area contributed by atoms with Crippen LogP contribution < -0.4 is 5.32 Å². The van der Waals surface area contributed by atoms with Gasteiger partial charge in [0.05, 0.1) is 5.54 Å². The predicted octanol–water partition coefficient (Wildman–Crippen LogP) is 2.63. The molecule has 3 amide bonds. The molecule has 2 fully saturated rings. The average Bonchev–Trinajstić information content (AvgIpc) is 2.60. The number of likely N-dealkylation sites (tertiary alicyclic amines) is 2. The van der Waals surface area contributed by atoms with Crippen molar-refractivity contribution >= 4 is 23.6 Å². The maximum Gasteiger partial charge on any atom is 0.410 e. The van der Waals surface area contributed by atoms with E-state index in [4.69, 9.17) is 4.74 Å². The number of hydrogen-bond donors (Lipinski definition) is 1. The highest BCUT2D eigenvalue weighted by Gasteiger charge is 2.52. The van der Waals surface area contributed by atoms with Gasteiger partial charge in [-0.1, -0.05) is 18.2 Å². The monoisotopic (exact) mass is 373 g/mol. The van der Waals surface area contributed by atoms with Gasteiger partial charge in [0, 0.05) is 25.3 Å². The normalized spacial score (nSPS) is 22.2. The van der Waals surface area contributed by atoms with Crippen molar-refractivity contribution < 1.29 is 19.1 Å². The lowest BCUT2D eigenvalue weighted by Gasteiger charge is -2.56. The van der Waals surface area contributed by atoms with Gasteiger partial charge in [-0.05, 0) is 52.2 Å². The molecule has 1 N–H and O–H groups in total. The van der Waals surface area contributed by atoms with E-state index in [0.29, 0.717) is 25.3 Å². The molecule has 1 atom stereocenters. The first-order valence-corrected chi connectivity index (χ1v) is 9.36. The first-order chi connectivity index (χ1) is 12.7. The van der Waals surface area contributed by atoms with Crippen LogP contribution in [0.15, 0.2) is 30.3 Å². The van der Waals surface area contributed by atoms with Crippen molar-refractivity contribution in [2.75, 3.05) is 25.0 Å². The Morgan fingerprint density at radius 2 is 1.78 bits per heavy atom. The second kappa shape index (κ2) is 7.21. The van der Waals surface area contributed by atoms with Crippen LogP contribution in [0.1, 0.15) is 40.0 Å². The molecule has 0 bridgehead atoms. The van der Waals surface area contributed by atoms with E-state index in [0.717, 1.165) is 19.3 Å². The fraction of sp³-hybridized carbons (Fsp3) is 0.550. The molecule has 146 valence electrons. The summed E-state index contributed by atoms with van der Waals surface area (Å²) >= 11 is 0. The third-order valence-corrected chi connectivity index (χ3v) is 5.05. The molecular formula is C20H27N3O4. The lowest BCUT2D eigenvalue weighted by atomic mass is 9.77. The van der Waals surface area contributed by atoms with E-state index in [-0.39, 0.29) is 6.09 Å². The minimum atomic E-state index is -0.644. The Labute approximate surface area is 159 Å². The molecule has 0 saturated carbocycles. The molecule has 3 rings (SSSR count). The topological polar surface area (TPSA) is 79.0 Å². The Morgan fingerprint density at radius 1 is 1.07 bits per heavy atom. The maximum absolute atomic E-state index is 12.7. The number of benzene rings is 1. The molecule has 0 aliphatic carbocycles. The summed E-state index contributed by atoms with van der Waals surface area (Å²) in [6.07, 6.45) is 1.99. The van der Waals surface area contributed by atoms with Gasteiger partial charge in [-0.15, -0.1) is 0 Å². The second-order valence-corrected chi connectivity index (χ2v) is 8.26. The van der Waals surface area contributed by atoms with Crippen LogP contribution in [0.5, 0.6) is 0 Å². The lowest BCUT2D eigenvalue weighted by Crippen LogP contribution is -2.70. The van der Waals surface area contributed by atoms with Crippen molar-refractivity contribution in [3.63, 3.8) is 0 Å². The molecule has 7 heteroatoms. The Bertz CT molecular complexity index is 728. The standard InChI is InChI=1S/C20H27N3O4/c1-19(2,3)27-18(26)22-12-7-10-20(14-22)11-13-23(20)17(25)16(24)21-15-8-5-4-6-9-15/h4-6,8-9H,7,10-14H2,1-3H3,(H,21,24). The highest BCUT2D eigenvalue weighted by Crippen LogP contribution is 2.39. The molecular weight excluding hydrogens is 346 g/mol. The number of nitrogens with one attached hydrogen (secondary N) is 1. The number of piperidine rings is 1. The predicted molar refractivity (Wildman–Crippen MR) is 101 cm³/mol. The first-order valence-electron chi connectivity index (χ1n) is 9.36. The molecule has 1 spiro atoms. The van der Waals surface area contributed by atoms with Gasteiger partial charge in [0.15, 0.2) is 0 Å². The van der Waals surface area contributed by atoms with Gasteiger partial charge >= 0.3 is 17.9 Å². The Kier molecular flexibility index (Phi) is 5.13. The zero-order valence-electron chi connectivity index (χ0n) is 16.2. The molecule has 0 aromatic heterocycles. The third-order valence-electron chi connectivity index (χ3n) is 5.05. The SMILES string of the molecule is CC(C)(C)OC(=O)N1CCCC2(CCN2C(=O)C(=O)Nc2ccccc2)C1. The van der Waals surface area contributed by atoms with Crippen molar-refractivity contribution in [2.24, 2.45) is 0 Å². The Hall–Kier alpha value is -2.57. The number of carbonyl (C=O) groups is 3. The van der Waals surface area contributed by atoms with E-state index >= 15 is 0 Å². The summed E-state index contributed by atoms with van der Waals surface area (Å²) in [6.45, 7) is 7.04. The van der Waals surface area contributed by atoms with E-state index in [1.54, 1.807) is 34.1 Å². The van der Waals surface area contributed by atoms with Crippen LogP contribution in [0.25, 0.3) is 0 Å². The molecule has 0 radical (unpaired) electrons. The number of para-hydroxylation sites is 1. The quantitative estimate of drug-likeness (QED) is 0.768. The summed E-state index contributed by atoms with van der Waals surface area (Å²) in [4.78, 5) is 40.7. The Morgan fingerprint density at radius 3 is 2.37 bits per heavy atom. The second-order valence-electron chi connectivity index (χ2n) is 8.26. The lowest BCUT2D eigenvalue weighted by molar-refractivity contribution is -0.158. The van der Waals surface area contributed by atoms with Crippen LogP contribution >= 0.6 is 0 Å². The van der Waals surface area contributed by atoms with Crippen molar-refractivity contribution in [2.45, 2.75) is 51.2 Å². The van der Waals surface area contributed by atoms with Gasteiger partial charge in [-0.25, -0.2) is 4.79 Å². The van der Waals surface area contributed by atoms with E-state index in [9.17, 15) is 14.4 Å². The molecule has 1 aromatic rings. The molecule has 1 unspecified atom stereocenters. The maximum atomic E-state index is 12.7. The van der Waals surface area contributed by atoms with E-state index in [2.05, 4.69) is 5.32 Å². The number of nitrogens with zero attached hydrogens (tertiary/aromatic N) is 2. The number of amides is 3. The van der Waals surface area contributed by atoms with Crippen LogP contribution in [-0.2, 0) is 14.3 Å². The molecule has 27 heavy (non-hydrogen) atoms. The van der Waals surface area contributed by atoms with E-state index < -0.39 is 23.0 Å². The fourth-order valence-electron chi connectivity index (χ4n) is 3.70. The number of carbonyl (C=O) groups excluding carboxylic acids is 3. The fourth-order valence-corrected chi connectivity index (χ4v) is 3.70. The van der Waals surface area contributed by atoms with Crippen molar-refractivity contribution in [1.29, 1.82) is 0 Å². The molecule has 2 aliphatic rings.